The summed E-state index contributed by atoms with van der Waals surface area (Å²) in [7, 11) is -3.30. The van der Waals surface area contributed by atoms with Gasteiger partial charge in [-0.1, -0.05) is 12.1 Å². The highest BCUT2D eigenvalue weighted by molar-refractivity contribution is 7.89. The Morgan fingerprint density at radius 3 is 2.71 bits per heavy atom. The van der Waals surface area contributed by atoms with Gasteiger partial charge in [0.2, 0.25) is 5.91 Å². The zero-order valence-electron chi connectivity index (χ0n) is 15.3. The van der Waals surface area contributed by atoms with Gasteiger partial charge in [-0.05, 0) is 30.3 Å². The van der Waals surface area contributed by atoms with Gasteiger partial charge in [0.1, 0.15) is 23.6 Å². The van der Waals surface area contributed by atoms with E-state index in [1.54, 1.807) is 35.8 Å². The summed E-state index contributed by atoms with van der Waals surface area (Å²) in [5.41, 5.74) is 3.24. The second-order valence-corrected chi connectivity index (χ2v) is 8.78. The summed E-state index contributed by atoms with van der Waals surface area (Å²) in [5.74, 6) is 0.353. The molecule has 0 unspecified atom stereocenters. The molecule has 144 valence electrons. The second-order valence-electron chi connectivity index (χ2n) is 6.64. The van der Waals surface area contributed by atoms with Crippen molar-refractivity contribution >= 4 is 43.6 Å². The molecule has 1 N–H and O–H groups in total. The lowest BCUT2D eigenvalue weighted by Crippen LogP contribution is -2.21. The lowest BCUT2D eigenvalue weighted by molar-refractivity contribution is -0.116. The van der Waals surface area contributed by atoms with Crippen LogP contribution in [-0.4, -0.2) is 35.1 Å². The minimum absolute atomic E-state index is 0.0543. The Bertz CT molecular complexity index is 1300. The average molecular weight is 398 g/mol. The van der Waals surface area contributed by atoms with Gasteiger partial charge in [-0.3, -0.25) is 4.79 Å². The van der Waals surface area contributed by atoms with Gasteiger partial charge in [0.05, 0.1) is 11.0 Å². The molecule has 0 bridgehead atoms. The molecule has 2 aromatic heterocycles. The third-order valence-electron chi connectivity index (χ3n) is 4.20. The van der Waals surface area contributed by atoms with Gasteiger partial charge in [-0.15, -0.1) is 0 Å². The number of benzene rings is 2. The first-order valence-electron chi connectivity index (χ1n) is 8.57. The van der Waals surface area contributed by atoms with E-state index in [9.17, 15) is 13.2 Å². The predicted molar refractivity (Wildman–Crippen MR) is 106 cm³/mol. The minimum Gasteiger partial charge on any atom is -0.441 e. The van der Waals surface area contributed by atoms with Crippen molar-refractivity contribution in [3.8, 4) is 0 Å². The van der Waals surface area contributed by atoms with Crippen molar-refractivity contribution in [1.82, 2.24) is 14.5 Å². The topological polar surface area (TPSA) is 107 Å². The first-order valence-corrected chi connectivity index (χ1v) is 10.6. The molecule has 0 saturated carbocycles. The number of carbonyl (C=O) groups is 1. The van der Waals surface area contributed by atoms with Crippen LogP contribution in [0.15, 0.2) is 46.9 Å². The number of anilines is 1. The number of aromatic nitrogens is 3. The van der Waals surface area contributed by atoms with Crippen LogP contribution in [0.25, 0.3) is 22.1 Å². The molecular weight excluding hydrogens is 380 g/mol. The highest BCUT2D eigenvalue weighted by Gasteiger charge is 2.17. The quantitative estimate of drug-likeness (QED) is 0.554. The third kappa shape index (κ3) is 3.74. The summed E-state index contributed by atoms with van der Waals surface area (Å²) in [6.45, 7) is 1.70. The van der Waals surface area contributed by atoms with Crippen LogP contribution in [-0.2, 0) is 26.9 Å². The number of amides is 1. The SMILES string of the molecule is Cc1nc2cc(NC(=O)Cn3c(CS(C)(=O)=O)nc4ccccc43)ccc2o1. The van der Waals surface area contributed by atoms with E-state index in [2.05, 4.69) is 15.3 Å². The van der Waals surface area contributed by atoms with Crippen LogP contribution in [0.1, 0.15) is 11.7 Å². The largest absolute Gasteiger partial charge is 0.441 e. The molecule has 28 heavy (non-hydrogen) atoms. The fourth-order valence-corrected chi connectivity index (χ4v) is 3.80. The molecule has 0 aliphatic heterocycles. The molecule has 0 saturated heterocycles. The standard InChI is InChI=1S/C19H18N4O4S/c1-12-20-15-9-13(7-8-17(15)27-12)21-19(24)10-23-16-6-4-3-5-14(16)22-18(23)11-28(2,25)26/h3-9H,10-11H2,1-2H3,(H,21,24). The normalized spacial score (nSPS) is 11.9. The third-order valence-corrected chi connectivity index (χ3v) is 4.99. The zero-order chi connectivity index (χ0) is 19.9. The van der Waals surface area contributed by atoms with E-state index in [0.29, 0.717) is 39.5 Å². The molecule has 2 aromatic carbocycles. The van der Waals surface area contributed by atoms with E-state index in [-0.39, 0.29) is 18.2 Å². The molecule has 9 heteroatoms. The number of sulfone groups is 1. The van der Waals surface area contributed by atoms with E-state index in [0.717, 1.165) is 6.26 Å². The first-order chi connectivity index (χ1) is 13.3. The summed E-state index contributed by atoms with van der Waals surface area (Å²) in [6.07, 6.45) is 1.14. The number of hydrogen-bond acceptors (Lipinski definition) is 6. The van der Waals surface area contributed by atoms with E-state index < -0.39 is 9.84 Å². The summed E-state index contributed by atoms with van der Waals surface area (Å²) >= 11 is 0. The molecule has 4 rings (SSSR count). The van der Waals surface area contributed by atoms with Crippen molar-refractivity contribution in [3.63, 3.8) is 0 Å². The Morgan fingerprint density at radius 1 is 1.14 bits per heavy atom. The second kappa shape index (κ2) is 6.75. The fourth-order valence-electron chi connectivity index (χ4n) is 3.11. The number of aryl methyl sites for hydroxylation is 1. The number of carbonyl (C=O) groups excluding carboxylic acids is 1. The summed E-state index contributed by atoms with van der Waals surface area (Å²) in [4.78, 5) is 21.3. The van der Waals surface area contributed by atoms with Gasteiger partial charge < -0.3 is 14.3 Å². The molecule has 2 heterocycles. The number of nitrogens with zero attached hydrogens (tertiary/aromatic N) is 3. The summed E-state index contributed by atoms with van der Waals surface area (Å²) in [6, 6.07) is 12.4. The Kier molecular flexibility index (Phi) is 4.38. The smallest absolute Gasteiger partial charge is 0.244 e. The van der Waals surface area contributed by atoms with E-state index in [1.807, 2.05) is 18.2 Å². The van der Waals surface area contributed by atoms with Crippen LogP contribution in [0.3, 0.4) is 0 Å². The number of fused-ring (bicyclic) bond motifs is 2. The highest BCUT2D eigenvalue weighted by atomic mass is 32.2. The molecule has 0 radical (unpaired) electrons. The van der Waals surface area contributed by atoms with Crippen LogP contribution < -0.4 is 5.32 Å². The Balaban J connectivity index is 1.62. The number of nitrogens with one attached hydrogen (secondary N) is 1. The molecule has 0 fully saturated rings. The molecule has 0 aliphatic rings. The Morgan fingerprint density at radius 2 is 1.93 bits per heavy atom. The van der Waals surface area contributed by atoms with E-state index >= 15 is 0 Å². The number of hydrogen-bond donors (Lipinski definition) is 1. The van der Waals surface area contributed by atoms with Crippen LogP contribution in [0.5, 0.6) is 0 Å². The summed E-state index contributed by atoms with van der Waals surface area (Å²) < 4.78 is 30.6. The van der Waals surface area contributed by atoms with Crippen molar-refractivity contribution in [2.45, 2.75) is 19.2 Å². The van der Waals surface area contributed by atoms with Crippen LogP contribution in [0, 0.1) is 6.92 Å². The fraction of sp³-hybridized carbons (Fsp3) is 0.211. The number of oxazole rings is 1. The van der Waals surface area contributed by atoms with Crippen molar-refractivity contribution in [2.75, 3.05) is 11.6 Å². The minimum atomic E-state index is -3.30. The maximum absolute atomic E-state index is 12.6. The predicted octanol–water partition coefficient (Wildman–Crippen LogP) is 2.67. The maximum Gasteiger partial charge on any atom is 0.244 e. The van der Waals surface area contributed by atoms with E-state index in [1.165, 1.54) is 0 Å². The highest BCUT2D eigenvalue weighted by Crippen LogP contribution is 2.21. The number of imidazole rings is 1. The molecule has 0 aliphatic carbocycles. The first kappa shape index (κ1) is 18.2. The average Bonchev–Trinajstić information content (AvgIpc) is 3.13. The lowest BCUT2D eigenvalue weighted by atomic mass is 10.3. The van der Waals surface area contributed by atoms with Gasteiger partial charge in [0.15, 0.2) is 21.3 Å². The summed E-state index contributed by atoms with van der Waals surface area (Å²) in [5, 5.41) is 2.82. The molecular formula is C19H18N4O4S. The maximum atomic E-state index is 12.6. The Labute approximate surface area is 161 Å². The monoisotopic (exact) mass is 398 g/mol. The van der Waals surface area contributed by atoms with Crippen LogP contribution in [0.4, 0.5) is 5.69 Å². The number of rotatable bonds is 5. The molecule has 8 nitrogen and oxygen atoms in total. The molecule has 0 atom stereocenters. The molecule has 4 aromatic rings. The van der Waals surface area contributed by atoms with Gasteiger partial charge in [0.25, 0.3) is 0 Å². The van der Waals surface area contributed by atoms with E-state index in [4.69, 9.17) is 4.42 Å². The molecule has 1 amide bonds. The van der Waals surface area contributed by atoms with Crippen LogP contribution >= 0.6 is 0 Å². The molecule has 0 spiro atoms. The van der Waals surface area contributed by atoms with Gasteiger partial charge in [0, 0.05) is 18.9 Å². The van der Waals surface area contributed by atoms with Crippen molar-refractivity contribution in [3.05, 3.63) is 54.2 Å². The van der Waals surface area contributed by atoms with Crippen molar-refractivity contribution in [2.24, 2.45) is 0 Å². The van der Waals surface area contributed by atoms with Gasteiger partial charge in [-0.25, -0.2) is 18.4 Å². The van der Waals surface area contributed by atoms with Gasteiger partial charge in [-0.2, -0.15) is 0 Å². The zero-order valence-corrected chi connectivity index (χ0v) is 16.2. The number of para-hydroxylation sites is 2. The van der Waals surface area contributed by atoms with Crippen molar-refractivity contribution in [1.29, 1.82) is 0 Å². The van der Waals surface area contributed by atoms with Crippen LogP contribution in [0.2, 0.25) is 0 Å². The van der Waals surface area contributed by atoms with Gasteiger partial charge >= 0.3 is 0 Å². The van der Waals surface area contributed by atoms with Crippen molar-refractivity contribution < 1.29 is 17.6 Å². The lowest BCUT2D eigenvalue weighted by Gasteiger charge is -2.10. The Hall–Kier alpha value is -3.20.